The van der Waals surface area contributed by atoms with Crippen molar-refractivity contribution in [3.63, 3.8) is 0 Å². The Morgan fingerprint density at radius 3 is 2.59 bits per heavy atom. The monoisotopic (exact) mass is 413 g/mol. The van der Waals surface area contributed by atoms with Crippen LogP contribution in [0.25, 0.3) is 11.1 Å². The van der Waals surface area contributed by atoms with Gasteiger partial charge < -0.3 is 15.4 Å². The molecule has 3 rings (SSSR count). The van der Waals surface area contributed by atoms with Crippen molar-refractivity contribution in [3.05, 3.63) is 48.5 Å². The van der Waals surface area contributed by atoms with Gasteiger partial charge in [0.05, 0.1) is 13.2 Å². The number of hydrogen-bond donors (Lipinski definition) is 2. The minimum atomic E-state index is -0.226. The summed E-state index contributed by atoms with van der Waals surface area (Å²) in [6.07, 6.45) is 3.19. The third-order valence-corrected chi connectivity index (χ3v) is 6.44. The Morgan fingerprint density at radius 1 is 1.21 bits per heavy atom. The van der Waals surface area contributed by atoms with Crippen molar-refractivity contribution in [2.45, 2.75) is 37.1 Å². The van der Waals surface area contributed by atoms with Gasteiger partial charge in [-0.15, -0.1) is 0 Å². The molecule has 0 aliphatic carbocycles. The molecule has 0 radical (unpaired) electrons. The van der Waals surface area contributed by atoms with E-state index in [1.807, 2.05) is 30.0 Å². The molecule has 156 valence electrons. The van der Waals surface area contributed by atoms with Crippen molar-refractivity contribution >= 4 is 17.9 Å². The first-order chi connectivity index (χ1) is 14.1. The van der Waals surface area contributed by atoms with E-state index in [1.54, 1.807) is 7.11 Å². The molecule has 1 aliphatic rings. The molecule has 1 unspecified atom stereocenters. The number of likely N-dealkylation sites (tertiary alicyclic amines) is 1. The molecule has 0 saturated carbocycles. The van der Waals surface area contributed by atoms with Gasteiger partial charge in [-0.3, -0.25) is 4.79 Å². The van der Waals surface area contributed by atoms with E-state index in [0.29, 0.717) is 5.92 Å². The van der Waals surface area contributed by atoms with Gasteiger partial charge in [0.25, 0.3) is 0 Å². The Balaban J connectivity index is 1.53. The number of benzene rings is 2. The summed E-state index contributed by atoms with van der Waals surface area (Å²) >= 11 is 1.51. The second kappa shape index (κ2) is 10.7. The van der Waals surface area contributed by atoms with Crippen LogP contribution in [-0.2, 0) is 4.79 Å². The zero-order valence-electron chi connectivity index (χ0n) is 17.3. The Kier molecular flexibility index (Phi) is 7.98. The van der Waals surface area contributed by atoms with Crippen LogP contribution >= 0.6 is 11.9 Å². The summed E-state index contributed by atoms with van der Waals surface area (Å²) in [6.45, 7) is 4.36. The van der Waals surface area contributed by atoms with Crippen LogP contribution in [0.1, 0.15) is 26.2 Å². The van der Waals surface area contributed by atoms with Crippen LogP contribution in [0, 0.1) is 5.92 Å². The molecular formula is C23H31N3O2S. The van der Waals surface area contributed by atoms with Crippen molar-refractivity contribution in [2.24, 2.45) is 11.7 Å². The van der Waals surface area contributed by atoms with Gasteiger partial charge in [-0.1, -0.05) is 24.3 Å². The van der Waals surface area contributed by atoms with Crippen LogP contribution in [0.15, 0.2) is 53.4 Å². The fourth-order valence-corrected chi connectivity index (χ4v) is 4.43. The third-order valence-electron chi connectivity index (χ3n) is 5.48. The summed E-state index contributed by atoms with van der Waals surface area (Å²) in [6, 6.07) is 16.1. The first-order valence-corrected chi connectivity index (χ1v) is 11.1. The number of carbonyl (C=O) groups excluding carboxylic acids is 1. The summed E-state index contributed by atoms with van der Waals surface area (Å²) in [5, 5.41) is 0. The highest BCUT2D eigenvalue weighted by molar-refractivity contribution is 7.97. The number of amides is 1. The summed E-state index contributed by atoms with van der Waals surface area (Å²) in [5.74, 6) is 1.69. The zero-order chi connectivity index (χ0) is 20.6. The summed E-state index contributed by atoms with van der Waals surface area (Å²) < 4.78 is 8.54. The first-order valence-electron chi connectivity index (χ1n) is 10.3. The minimum Gasteiger partial charge on any atom is -0.497 e. The molecule has 1 atom stereocenters. The minimum absolute atomic E-state index is 0.176. The average Bonchev–Trinajstić information content (AvgIpc) is 2.78. The summed E-state index contributed by atoms with van der Waals surface area (Å²) in [4.78, 5) is 15.8. The highest BCUT2D eigenvalue weighted by atomic mass is 32.2. The Labute approximate surface area is 178 Å². The number of carbonyl (C=O) groups is 1. The van der Waals surface area contributed by atoms with Crippen molar-refractivity contribution in [2.75, 3.05) is 26.7 Å². The Morgan fingerprint density at radius 2 is 1.93 bits per heavy atom. The van der Waals surface area contributed by atoms with Crippen molar-refractivity contribution in [3.8, 4) is 16.9 Å². The van der Waals surface area contributed by atoms with Gasteiger partial charge in [0.1, 0.15) is 5.75 Å². The molecule has 0 bridgehead atoms. The first kappa shape index (κ1) is 21.7. The highest BCUT2D eigenvalue weighted by Gasteiger charge is 2.25. The largest absolute Gasteiger partial charge is 0.497 e. The van der Waals surface area contributed by atoms with Crippen LogP contribution in [0.4, 0.5) is 0 Å². The molecule has 1 fully saturated rings. The smallest absolute Gasteiger partial charge is 0.240 e. The fourth-order valence-electron chi connectivity index (χ4n) is 3.68. The number of hydrogen-bond acceptors (Lipinski definition) is 5. The number of nitrogens with two attached hydrogens (primary N) is 1. The van der Waals surface area contributed by atoms with Gasteiger partial charge in [0.15, 0.2) is 0 Å². The Bertz CT molecular complexity index is 789. The zero-order valence-corrected chi connectivity index (χ0v) is 18.1. The molecule has 0 aromatic heterocycles. The van der Waals surface area contributed by atoms with E-state index in [2.05, 4.69) is 35.1 Å². The van der Waals surface area contributed by atoms with E-state index < -0.39 is 0 Å². The van der Waals surface area contributed by atoms with Crippen molar-refractivity contribution in [1.29, 1.82) is 0 Å². The number of nitrogens with zero attached hydrogens (tertiary/aromatic N) is 1. The van der Waals surface area contributed by atoms with Gasteiger partial charge in [0.2, 0.25) is 5.91 Å². The normalized spacial score (nSPS) is 15.9. The molecule has 1 aliphatic heterocycles. The predicted molar refractivity (Wildman–Crippen MR) is 120 cm³/mol. The highest BCUT2D eigenvalue weighted by Crippen LogP contribution is 2.27. The number of piperidine rings is 1. The van der Waals surface area contributed by atoms with Crippen molar-refractivity contribution in [1.82, 2.24) is 9.62 Å². The van der Waals surface area contributed by atoms with E-state index in [9.17, 15) is 4.79 Å². The van der Waals surface area contributed by atoms with Crippen LogP contribution in [0.2, 0.25) is 0 Å². The Hall–Kier alpha value is -2.02. The van der Waals surface area contributed by atoms with Gasteiger partial charge in [0, 0.05) is 18.0 Å². The number of methoxy groups -OCH3 is 1. The fraction of sp³-hybridized carbons (Fsp3) is 0.435. The molecule has 2 aromatic carbocycles. The molecule has 1 heterocycles. The van der Waals surface area contributed by atoms with Crippen LogP contribution in [-0.4, -0.2) is 43.6 Å². The lowest BCUT2D eigenvalue weighted by Crippen LogP contribution is -2.46. The number of nitrogens with one attached hydrogen (secondary N) is 1. The van der Waals surface area contributed by atoms with E-state index in [1.165, 1.54) is 11.9 Å². The predicted octanol–water partition coefficient (Wildman–Crippen LogP) is 3.93. The van der Waals surface area contributed by atoms with Gasteiger partial charge in [-0.25, -0.2) is 4.72 Å². The quantitative estimate of drug-likeness (QED) is 0.642. The van der Waals surface area contributed by atoms with Gasteiger partial charge >= 0.3 is 0 Å². The van der Waals surface area contributed by atoms with E-state index in [0.717, 1.165) is 60.7 Å². The SMILES string of the molecule is COc1ccc(-c2cccc(SNC(C)C(=O)N3CCC(CCN)CC3)c2)cc1. The molecule has 1 saturated heterocycles. The van der Waals surface area contributed by atoms with Crippen molar-refractivity contribution < 1.29 is 9.53 Å². The number of rotatable bonds is 8. The molecule has 0 spiro atoms. The lowest BCUT2D eigenvalue weighted by molar-refractivity contribution is -0.133. The van der Waals surface area contributed by atoms with E-state index in [-0.39, 0.29) is 11.9 Å². The van der Waals surface area contributed by atoms with Crippen LogP contribution in [0.3, 0.4) is 0 Å². The average molecular weight is 414 g/mol. The molecule has 29 heavy (non-hydrogen) atoms. The van der Waals surface area contributed by atoms with E-state index >= 15 is 0 Å². The molecule has 3 N–H and O–H groups in total. The molecule has 2 aromatic rings. The molecule has 5 nitrogen and oxygen atoms in total. The van der Waals surface area contributed by atoms with Crippen LogP contribution < -0.4 is 15.2 Å². The van der Waals surface area contributed by atoms with Gasteiger partial charge in [-0.05, 0) is 86.0 Å². The summed E-state index contributed by atoms with van der Waals surface area (Å²) in [5.41, 5.74) is 7.93. The topological polar surface area (TPSA) is 67.6 Å². The number of ether oxygens (including phenoxy) is 1. The molecule has 1 amide bonds. The molecule has 6 heteroatoms. The maximum Gasteiger partial charge on any atom is 0.240 e. The maximum absolute atomic E-state index is 12.7. The standard InChI is InChI=1S/C23H31N3O2S/c1-17(23(27)26-14-11-18(10-13-24)12-15-26)25-29-22-5-3-4-20(16-22)19-6-8-21(28-2)9-7-19/h3-9,16-18,25H,10-15,24H2,1-2H3. The maximum atomic E-state index is 12.7. The molecular weight excluding hydrogens is 382 g/mol. The second-order valence-electron chi connectivity index (χ2n) is 7.54. The van der Waals surface area contributed by atoms with Crippen LogP contribution in [0.5, 0.6) is 5.75 Å². The third kappa shape index (κ3) is 5.98. The lowest BCUT2D eigenvalue weighted by atomic mass is 9.93. The van der Waals surface area contributed by atoms with E-state index in [4.69, 9.17) is 10.5 Å². The summed E-state index contributed by atoms with van der Waals surface area (Å²) in [7, 11) is 1.67. The second-order valence-corrected chi connectivity index (χ2v) is 8.46. The lowest BCUT2D eigenvalue weighted by Gasteiger charge is -2.33. The van der Waals surface area contributed by atoms with Gasteiger partial charge in [-0.2, -0.15) is 0 Å².